The molecule has 0 bridgehead atoms. The Balaban J connectivity index is 3.96. The van der Waals surface area contributed by atoms with Crippen molar-refractivity contribution in [1.82, 2.24) is 10.3 Å². The topological polar surface area (TPSA) is 73.9 Å². The minimum Gasteiger partial charge on any atom is -0.569 e. The van der Waals surface area contributed by atoms with Gasteiger partial charge < -0.3 is 15.7 Å². The number of nitrogens with zero attached hydrogens (tertiary/aromatic N) is 3. The lowest BCUT2D eigenvalue weighted by atomic mass is 10.3. The van der Waals surface area contributed by atoms with Crippen molar-refractivity contribution in [1.29, 1.82) is 0 Å². The van der Waals surface area contributed by atoms with E-state index in [2.05, 4.69) is 10.6 Å². The molecule has 0 atom stereocenters. The molecule has 0 aromatic carbocycles. The number of rotatable bonds is 6. The molecule has 0 aliphatic carbocycles. The molecule has 13 heavy (non-hydrogen) atoms. The molecule has 6 nitrogen and oxygen atoms in total. The van der Waals surface area contributed by atoms with Gasteiger partial charge in [0.25, 0.3) is 0 Å². The molecule has 0 aliphatic rings. The second-order valence-corrected chi connectivity index (χ2v) is 3.06. The largest absolute Gasteiger partial charge is 0.569 e. The van der Waals surface area contributed by atoms with E-state index in [-0.39, 0.29) is 11.0 Å². The molecule has 6 heteroatoms. The molecule has 0 fully saturated rings. The zero-order chi connectivity index (χ0) is 10.3. The zero-order valence-electron chi connectivity index (χ0n) is 8.40. The number of hydrazine groups is 1. The first-order valence-electron chi connectivity index (χ1n) is 4.37. The Bertz CT molecular complexity index is 161. The highest BCUT2D eigenvalue weighted by atomic mass is 16.6. The highest BCUT2D eigenvalue weighted by Crippen LogP contribution is 1.99. The van der Waals surface area contributed by atoms with Gasteiger partial charge >= 0.3 is 0 Å². The van der Waals surface area contributed by atoms with Crippen LogP contribution in [0.1, 0.15) is 20.3 Å². The van der Waals surface area contributed by atoms with E-state index in [0.29, 0.717) is 6.54 Å². The normalized spacial score (nSPS) is 12.2. The van der Waals surface area contributed by atoms with Crippen LogP contribution in [-0.4, -0.2) is 41.4 Å². The maximum atomic E-state index is 11.0. The standard InChI is InChI=1S/C7H18N4O2/c1-7(2)10(11(13)9-12)6-4-5-8-3/h7-8,12H,4-6H2,1-3H3/b11-9+. The fourth-order valence-corrected chi connectivity index (χ4v) is 1.01. The van der Waals surface area contributed by atoms with Crippen LogP contribution in [0.15, 0.2) is 5.28 Å². The average Bonchev–Trinajstić information content (AvgIpc) is 2.11. The fourth-order valence-electron chi connectivity index (χ4n) is 1.01. The third-order valence-corrected chi connectivity index (χ3v) is 1.71. The Morgan fingerprint density at radius 1 is 1.62 bits per heavy atom. The Morgan fingerprint density at radius 3 is 2.62 bits per heavy atom. The van der Waals surface area contributed by atoms with Gasteiger partial charge in [0.05, 0.1) is 17.6 Å². The van der Waals surface area contributed by atoms with Crippen LogP contribution in [0.4, 0.5) is 0 Å². The van der Waals surface area contributed by atoms with Gasteiger partial charge in [-0.1, -0.05) is 0 Å². The summed E-state index contributed by atoms with van der Waals surface area (Å²) in [6.07, 6.45) is 0.836. The Labute approximate surface area is 78.4 Å². The van der Waals surface area contributed by atoms with Crippen molar-refractivity contribution in [2.75, 3.05) is 20.1 Å². The molecule has 78 valence electrons. The predicted molar refractivity (Wildman–Crippen MR) is 48.2 cm³/mol. The summed E-state index contributed by atoms with van der Waals surface area (Å²) < 4.78 is 0. The summed E-state index contributed by atoms with van der Waals surface area (Å²) >= 11 is 0. The van der Waals surface area contributed by atoms with E-state index in [1.54, 1.807) is 0 Å². The number of nitrogens with one attached hydrogen (secondary N) is 1. The highest BCUT2D eigenvalue weighted by Gasteiger charge is 2.15. The summed E-state index contributed by atoms with van der Waals surface area (Å²) in [5, 5.41) is 26.2. The maximum absolute atomic E-state index is 11.0. The number of hydrogen-bond acceptors (Lipinski definition) is 3. The van der Waals surface area contributed by atoms with Crippen molar-refractivity contribution in [2.24, 2.45) is 5.28 Å². The van der Waals surface area contributed by atoms with E-state index in [4.69, 9.17) is 5.21 Å². The molecular formula is C7H18N4O2. The van der Waals surface area contributed by atoms with Crippen LogP contribution in [0, 0.1) is 5.21 Å². The molecule has 0 rings (SSSR count). The van der Waals surface area contributed by atoms with Gasteiger partial charge in [0.15, 0.2) is 0 Å². The van der Waals surface area contributed by atoms with Crippen LogP contribution >= 0.6 is 0 Å². The van der Waals surface area contributed by atoms with Crippen molar-refractivity contribution in [3.05, 3.63) is 5.21 Å². The lowest BCUT2D eigenvalue weighted by Crippen LogP contribution is -2.38. The lowest BCUT2D eigenvalue weighted by Gasteiger charge is -2.20. The van der Waals surface area contributed by atoms with Crippen LogP contribution in [0.2, 0.25) is 0 Å². The van der Waals surface area contributed by atoms with Crippen LogP contribution < -0.4 is 5.32 Å². The summed E-state index contributed by atoms with van der Waals surface area (Å²) in [6.45, 7) is 5.15. The van der Waals surface area contributed by atoms with Gasteiger partial charge in [0.2, 0.25) is 5.28 Å². The Kier molecular flexibility index (Phi) is 5.96. The van der Waals surface area contributed by atoms with Gasteiger partial charge in [0, 0.05) is 0 Å². The monoisotopic (exact) mass is 190 g/mol. The minimum absolute atomic E-state index is 0.0326. The van der Waals surface area contributed by atoms with Crippen molar-refractivity contribution in [2.45, 2.75) is 26.3 Å². The van der Waals surface area contributed by atoms with E-state index in [9.17, 15) is 5.21 Å². The van der Waals surface area contributed by atoms with Gasteiger partial charge in [-0.25, -0.2) is 0 Å². The van der Waals surface area contributed by atoms with Crippen molar-refractivity contribution >= 4 is 0 Å². The Hall–Kier alpha value is -1.04. The third kappa shape index (κ3) is 4.51. The van der Waals surface area contributed by atoms with Crippen molar-refractivity contribution in [3.8, 4) is 0 Å². The highest BCUT2D eigenvalue weighted by molar-refractivity contribution is 4.52. The van der Waals surface area contributed by atoms with Crippen molar-refractivity contribution in [3.63, 3.8) is 0 Å². The molecule has 0 amide bonds. The maximum Gasteiger partial charge on any atom is 0.230 e. The van der Waals surface area contributed by atoms with Gasteiger partial charge in [-0.3, -0.25) is 0 Å². The first kappa shape index (κ1) is 12.0. The first-order valence-corrected chi connectivity index (χ1v) is 4.37. The molecule has 0 spiro atoms. The molecule has 2 N–H and O–H groups in total. The van der Waals surface area contributed by atoms with Crippen molar-refractivity contribution < 1.29 is 10.2 Å². The molecule has 0 saturated carbocycles. The third-order valence-electron chi connectivity index (χ3n) is 1.71. The molecule has 0 heterocycles. The first-order chi connectivity index (χ1) is 6.13. The van der Waals surface area contributed by atoms with E-state index in [1.165, 1.54) is 5.01 Å². The average molecular weight is 190 g/mol. The summed E-state index contributed by atoms with van der Waals surface area (Å²) in [5.41, 5.74) is 0. The van der Waals surface area contributed by atoms with Crippen LogP contribution in [0.3, 0.4) is 0 Å². The summed E-state index contributed by atoms with van der Waals surface area (Å²) in [4.78, 5) is 0.223. The summed E-state index contributed by atoms with van der Waals surface area (Å²) in [6, 6.07) is 0.0326. The van der Waals surface area contributed by atoms with E-state index < -0.39 is 0 Å². The Morgan fingerprint density at radius 2 is 2.23 bits per heavy atom. The van der Waals surface area contributed by atoms with E-state index >= 15 is 0 Å². The molecule has 0 aromatic heterocycles. The molecule has 0 saturated heterocycles. The summed E-state index contributed by atoms with van der Waals surface area (Å²) in [7, 11) is 1.85. The lowest BCUT2D eigenvalue weighted by molar-refractivity contribution is -0.716. The van der Waals surface area contributed by atoms with Gasteiger partial charge in [-0.2, -0.15) is 0 Å². The van der Waals surface area contributed by atoms with Crippen LogP contribution in [0.25, 0.3) is 0 Å². The van der Waals surface area contributed by atoms with Gasteiger partial charge in [-0.05, 0) is 33.9 Å². The van der Waals surface area contributed by atoms with E-state index in [0.717, 1.165) is 13.0 Å². The predicted octanol–water partition coefficient (Wildman–Crippen LogP) is 0.573. The summed E-state index contributed by atoms with van der Waals surface area (Å²) in [5.74, 6) is 0. The van der Waals surface area contributed by atoms with Crippen LogP contribution in [0.5, 0.6) is 0 Å². The molecular weight excluding hydrogens is 172 g/mol. The molecule has 0 aliphatic heterocycles. The smallest absolute Gasteiger partial charge is 0.230 e. The quantitative estimate of drug-likeness (QED) is 0.278. The van der Waals surface area contributed by atoms with E-state index in [1.807, 2.05) is 20.9 Å². The zero-order valence-corrected chi connectivity index (χ0v) is 8.40. The molecule has 0 unspecified atom stereocenters. The fraction of sp³-hybridized carbons (Fsp3) is 1.00. The van der Waals surface area contributed by atoms with Crippen LogP contribution in [-0.2, 0) is 0 Å². The minimum atomic E-state index is 0.0326. The SMILES string of the molecule is CNCCCN(C(C)C)/[N+]([O-])=N\O. The van der Waals surface area contributed by atoms with Gasteiger partial charge in [0.1, 0.15) is 0 Å². The second kappa shape index (κ2) is 6.47. The second-order valence-electron chi connectivity index (χ2n) is 3.06. The van der Waals surface area contributed by atoms with Gasteiger partial charge in [-0.15, -0.1) is 5.01 Å². The number of hydrogen-bond donors (Lipinski definition) is 2. The molecule has 0 aromatic rings. The molecule has 0 radical (unpaired) electrons.